The van der Waals surface area contributed by atoms with E-state index in [1.54, 1.807) is 0 Å². The van der Waals surface area contributed by atoms with Crippen LogP contribution in [0.15, 0.2) is 0 Å². The summed E-state index contributed by atoms with van der Waals surface area (Å²) in [5.41, 5.74) is 0.778. The number of likely N-dealkylation sites (tertiary alicyclic amines) is 1. The van der Waals surface area contributed by atoms with E-state index in [0.717, 1.165) is 23.2 Å². The van der Waals surface area contributed by atoms with Crippen molar-refractivity contribution >= 4 is 0 Å². The van der Waals surface area contributed by atoms with E-state index in [4.69, 9.17) is 0 Å². The van der Waals surface area contributed by atoms with Crippen molar-refractivity contribution in [3.05, 3.63) is 0 Å². The van der Waals surface area contributed by atoms with Crippen LogP contribution in [0.25, 0.3) is 0 Å². The van der Waals surface area contributed by atoms with Crippen molar-refractivity contribution in [2.24, 2.45) is 23.2 Å². The van der Waals surface area contributed by atoms with Crippen molar-refractivity contribution in [1.82, 2.24) is 10.2 Å². The van der Waals surface area contributed by atoms with Crippen LogP contribution in [-0.4, -0.2) is 37.6 Å². The van der Waals surface area contributed by atoms with Gasteiger partial charge in [-0.05, 0) is 81.5 Å². The second-order valence-electron chi connectivity index (χ2n) is 7.40. The molecule has 18 heavy (non-hydrogen) atoms. The molecule has 0 aromatic rings. The summed E-state index contributed by atoms with van der Waals surface area (Å²) in [6.45, 7) is 11.5. The van der Waals surface area contributed by atoms with E-state index in [-0.39, 0.29) is 0 Å². The number of rotatable bonds is 3. The Morgan fingerprint density at radius 3 is 2.44 bits per heavy atom. The van der Waals surface area contributed by atoms with E-state index in [1.165, 1.54) is 64.8 Å². The fourth-order valence-corrected chi connectivity index (χ4v) is 4.34. The molecule has 2 heteroatoms. The van der Waals surface area contributed by atoms with Crippen molar-refractivity contribution in [3.8, 4) is 0 Å². The third kappa shape index (κ3) is 2.60. The summed E-state index contributed by atoms with van der Waals surface area (Å²) >= 11 is 0. The Kier molecular flexibility index (Phi) is 3.68. The minimum atomic E-state index is 0.778. The van der Waals surface area contributed by atoms with Gasteiger partial charge in [0.1, 0.15) is 0 Å². The van der Waals surface area contributed by atoms with Gasteiger partial charge in [-0.3, -0.25) is 0 Å². The van der Waals surface area contributed by atoms with Crippen molar-refractivity contribution in [3.63, 3.8) is 0 Å². The highest BCUT2D eigenvalue weighted by Crippen LogP contribution is 2.58. The van der Waals surface area contributed by atoms with Gasteiger partial charge in [-0.25, -0.2) is 0 Å². The molecule has 2 saturated heterocycles. The molecule has 0 aromatic carbocycles. The van der Waals surface area contributed by atoms with Crippen molar-refractivity contribution in [2.75, 3.05) is 32.7 Å². The average Bonchev–Trinajstić information content (AvgIpc) is 3.02. The van der Waals surface area contributed by atoms with Crippen molar-refractivity contribution in [2.45, 2.75) is 46.0 Å². The first-order chi connectivity index (χ1) is 8.70. The Morgan fingerprint density at radius 2 is 1.83 bits per heavy atom. The SMILES string of the molecule is CC(C)C1CCN(CC2CC23CCNCC3)CC1. The van der Waals surface area contributed by atoms with Gasteiger partial charge in [-0.15, -0.1) is 0 Å². The Bertz CT molecular complexity index is 273. The van der Waals surface area contributed by atoms with Crippen LogP contribution in [-0.2, 0) is 0 Å². The molecule has 3 rings (SSSR count). The molecule has 3 fully saturated rings. The molecule has 2 heterocycles. The first kappa shape index (κ1) is 12.9. The highest BCUT2D eigenvalue weighted by molar-refractivity contribution is 5.05. The monoisotopic (exact) mass is 250 g/mol. The average molecular weight is 250 g/mol. The van der Waals surface area contributed by atoms with Gasteiger partial charge in [-0.2, -0.15) is 0 Å². The molecule has 104 valence electrons. The molecule has 1 saturated carbocycles. The van der Waals surface area contributed by atoms with Gasteiger partial charge in [0.25, 0.3) is 0 Å². The maximum absolute atomic E-state index is 3.51. The smallest absolute Gasteiger partial charge is 0.00152 e. The lowest BCUT2D eigenvalue weighted by atomic mass is 9.86. The van der Waals surface area contributed by atoms with Crippen molar-refractivity contribution < 1.29 is 0 Å². The lowest BCUT2D eigenvalue weighted by Gasteiger charge is -2.34. The molecule has 2 aliphatic heterocycles. The van der Waals surface area contributed by atoms with Gasteiger partial charge in [0, 0.05) is 6.54 Å². The van der Waals surface area contributed by atoms with Gasteiger partial charge in [0.05, 0.1) is 0 Å². The second kappa shape index (κ2) is 5.13. The molecule has 1 spiro atoms. The molecule has 1 aliphatic carbocycles. The summed E-state index contributed by atoms with van der Waals surface area (Å²) in [5, 5.41) is 3.51. The third-order valence-electron chi connectivity index (χ3n) is 6.01. The van der Waals surface area contributed by atoms with Crippen LogP contribution in [0, 0.1) is 23.2 Å². The highest BCUT2D eigenvalue weighted by atomic mass is 15.1. The third-order valence-corrected chi connectivity index (χ3v) is 6.01. The van der Waals surface area contributed by atoms with Crippen LogP contribution in [0.1, 0.15) is 46.0 Å². The van der Waals surface area contributed by atoms with Crippen LogP contribution in [0.2, 0.25) is 0 Å². The Morgan fingerprint density at radius 1 is 1.17 bits per heavy atom. The van der Waals surface area contributed by atoms with Crippen LogP contribution in [0.5, 0.6) is 0 Å². The number of piperidine rings is 2. The number of nitrogens with one attached hydrogen (secondary N) is 1. The van der Waals surface area contributed by atoms with Gasteiger partial charge in [0.15, 0.2) is 0 Å². The number of hydrogen-bond acceptors (Lipinski definition) is 2. The summed E-state index contributed by atoms with van der Waals surface area (Å²) in [6.07, 6.45) is 7.30. The summed E-state index contributed by atoms with van der Waals surface area (Å²) < 4.78 is 0. The summed E-state index contributed by atoms with van der Waals surface area (Å²) in [6, 6.07) is 0. The minimum absolute atomic E-state index is 0.778. The van der Waals surface area contributed by atoms with Gasteiger partial charge >= 0.3 is 0 Å². The zero-order valence-electron chi connectivity index (χ0n) is 12.3. The molecule has 1 atom stereocenters. The Balaban J connectivity index is 1.43. The highest BCUT2D eigenvalue weighted by Gasteiger charge is 2.53. The van der Waals surface area contributed by atoms with Gasteiger partial charge in [-0.1, -0.05) is 13.8 Å². The van der Waals surface area contributed by atoms with Crippen LogP contribution in [0.3, 0.4) is 0 Å². The van der Waals surface area contributed by atoms with Crippen molar-refractivity contribution in [1.29, 1.82) is 0 Å². The number of hydrogen-bond donors (Lipinski definition) is 1. The first-order valence-corrected chi connectivity index (χ1v) is 8.13. The summed E-state index contributed by atoms with van der Waals surface area (Å²) in [4.78, 5) is 2.76. The van der Waals surface area contributed by atoms with E-state index in [1.807, 2.05) is 0 Å². The summed E-state index contributed by atoms with van der Waals surface area (Å²) in [7, 11) is 0. The Hall–Kier alpha value is -0.0800. The lowest BCUT2D eigenvalue weighted by Crippen LogP contribution is -2.38. The van der Waals surface area contributed by atoms with E-state index >= 15 is 0 Å². The van der Waals surface area contributed by atoms with E-state index in [0.29, 0.717) is 0 Å². The zero-order valence-corrected chi connectivity index (χ0v) is 12.3. The molecule has 0 amide bonds. The fourth-order valence-electron chi connectivity index (χ4n) is 4.34. The minimum Gasteiger partial charge on any atom is -0.317 e. The quantitative estimate of drug-likeness (QED) is 0.828. The molecular weight excluding hydrogens is 220 g/mol. The first-order valence-electron chi connectivity index (χ1n) is 8.13. The van der Waals surface area contributed by atoms with Crippen LogP contribution < -0.4 is 5.32 Å². The lowest BCUT2D eigenvalue weighted by molar-refractivity contribution is 0.144. The standard InChI is InChI=1S/C16H30N2/c1-13(2)14-3-9-18(10-4-14)12-15-11-16(15)5-7-17-8-6-16/h13-15,17H,3-12H2,1-2H3. The molecular formula is C16H30N2. The molecule has 0 bridgehead atoms. The van der Waals surface area contributed by atoms with E-state index in [9.17, 15) is 0 Å². The van der Waals surface area contributed by atoms with Crippen LogP contribution in [0.4, 0.5) is 0 Å². The zero-order chi connectivity index (χ0) is 12.6. The second-order valence-corrected chi connectivity index (χ2v) is 7.40. The molecule has 1 N–H and O–H groups in total. The maximum atomic E-state index is 3.51. The summed E-state index contributed by atoms with van der Waals surface area (Å²) in [5.74, 6) is 2.92. The molecule has 0 aromatic heterocycles. The topological polar surface area (TPSA) is 15.3 Å². The van der Waals surface area contributed by atoms with Crippen LogP contribution >= 0.6 is 0 Å². The molecule has 1 unspecified atom stereocenters. The predicted molar refractivity (Wildman–Crippen MR) is 76.6 cm³/mol. The normalized spacial score (nSPS) is 33.2. The molecule has 3 aliphatic rings. The predicted octanol–water partition coefficient (Wildman–Crippen LogP) is 2.74. The number of nitrogens with zero attached hydrogens (tertiary/aromatic N) is 1. The van der Waals surface area contributed by atoms with E-state index in [2.05, 4.69) is 24.1 Å². The molecule has 2 nitrogen and oxygen atoms in total. The maximum Gasteiger partial charge on any atom is 0.00152 e. The van der Waals surface area contributed by atoms with Gasteiger partial charge in [0.2, 0.25) is 0 Å². The van der Waals surface area contributed by atoms with E-state index < -0.39 is 0 Å². The fraction of sp³-hybridized carbons (Fsp3) is 1.00. The molecule has 0 radical (unpaired) electrons. The van der Waals surface area contributed by atoms with Gasteiger partial charge < -0.3 is 10.2 Å². The largest absolute Gasteiger partial charge is 0.317 e. The Labute approximate surface area is 113 Å².